The molecule has 1 heterocycles. The first-order valence-electron chi connectivity index (χ1n) is 8.85. The van der Waals surface area contributed by atoms with Gasteiger partial charge in [-0.2, -0.15) is 5.26 Å². The number of aryl methyl sites for hydroxylation is 1. The molecule has 0 unspecified atom stereocenters. The second-order valence-electron chi connectivity index (χ2n) is 6.71. The van der Waals surface area contributed by atoms with Crippen LogP contribution in [0, 0.1) is 18.3 Å². The van der Waals surface area contributed by atoms with Crippen LogP contribution in [-0.4, -0.2) is 16.1 Å². The molecule has 1 aromatic carbocycles. The third kappa shape index (κ3) is 4.17. The monoisotopic (exact) mass is 350 g/mol. The van der Waals surface area contributed by atoms with Crippen LogP contribution in [0.3, 0.4) is 0 Å². The minimum absolute atomic E-state index is 0.113. The van der Waals surface area contributed by atoms with E-state index in [1.807, 2.05) is 37.3 Å². The number of hydrogen-bond donors (Lipinski definition) is 1. The molecule has 1 amide bonds. The Labute approximate surface area is 153 Å². The second-order valence-corrected chi connectivity index (χ2v) is 6.71. The zero-order valence-corrected chi connectivity index (χ0v) is 14.9. The van der Waals surface area contributed by atoms with Gasteiger partial charge < -0.3 is 10.1 Å². The van der Waals surface area contributed by atoms with Crippen molar-refractivity contribution < 1.29 is 9.53 Å². The number of hydrogen-bond acceptors (Lipinski definition) is 5. The summed E-state index contributed by atoms with van der Waals surface area (Å²) in [4.78, 5) is 20.7. The van der Waals surface area contributed by atoms with Gasteiger partial charge in [-0.25, -0.2) is 14.8 Å². The fraction of sp³-hybridized carbons (Fsp3) is 0.400. The van der Waals surface area contributed by atoms with E-state index >= 15 is 0 Å². The van der Waals surface area contributed by atoms with Gasteiger partial charge >= 0.3 is 6.09 Å². The number of benzene rings is 1. The summed E-state index contributed by atoms with van der Waals surface area (Å²) in [6.07, 6.45) is 5.75. The van der Waals surface area contributed by atoms with Crippen molar-refractivity contribution in [3.8, 4) is 6.07 Å². The maximum Gasteiger partial charge on any atom is 0.408 e. The molecule has 1 saturated carbocycles. The molecule has 26 heavy (non-hydrogen) atoms. The van der Waals surface area contributed by atoms with E-state index in [2.05, 4.69) is 15.3 Å². The van der Waals surface area contributed by atoms with E-state index in [1.54, 1.807) is 12.3 Å². The molecule has 2 aromatic rings. The molecule has 6 nitrogen and oxygen atoms in total. The summed E-state index contributed by atoms with van der Waals surface area (Å²) in [5, 5.41) is 12.1. The fourth-order valence-corrected chi connectivity index (χ4v) is 3.34. The predicted molar refractivity (Wildman–Crippen MR) is 96.0 cm³/mol. The summed E-state index contributed by atoms with van der Waals surface area (Å²) in [6, 6.07) is 11.6. The first-order chi connectivity index (χ1) is 12.6. The highest BCUT2D eigenvalue weighted by Gasteiger charge is 2.37. The highest BCUT2D eigenvalue weighted by Crippen LogP contribution is 2.36. The van der Waals surface area contributed by atoms with Crippen LogP contribution in [0.1, 0.15) is 54.7 Å². The Kier molecular flexibility index (Phi) is 5.47. The third-order valence-electron chi connectivity index (χ3n) is 4.78. The van der Waals surface area contributed by atoms with Crippen LogP contribution in [0.25, 0.3) is 0 Å². The van der Waals surface area contributed by atoms with Gasteiger partial charge in [-0.1, -0.05) is 49.1 Å². The predicted octanol–water partition coefficient (Wildman–Crippen LogP) is 3.74. The van der Waals surface area contributed by atoms with E-state index < -0.39 is 11.6 Å². The molecule has 0 radical (unpaired) electrons. The number of nitrogens with zero attached hydrogens (tertiary/aromatic N) is 3. The van der Waals surface area contributed by atoms with Gasteiger partial charge in [0.15, 0.2) is 0 Å². The van der Waals surface area contributed by atoms with Gasteiger partial charge in [0.1, 0.15) is 12.7 Å². The van der Waals surface area contributed by atoms with Gasteiger partial charge in [0, 0.05) is 6.20 Å². The van der Waals surface area contributed by atoms with Gasteiger partial charge in [-0.15, -0.1) is 0 Å². The average molecular weight is 350 g/mol. The molecule has 0 bridgehead atoms. The van der Waals surface area contributed by atoms with Crippen LogP contribution < -0.4 is 5.32 Å². The maximum atomic E-state index is 12.4. The molecule has 1 aliphatic rings. The summed E-state index contributed by atoms with van der Waals surface area (Å²) in [7, 11) is 0. The highest BCUT2D eigenvalue weighted by molar-refractivity contribution is 5.68. The minimum Gasteiger partial charge on any atom is -0.445 e. The summed E-state index contributed by atoms with van der Waals surface area (Å²) >= 11 is 0. The number of rotatable bonds is 4. The molecular formula is C20H22N4O2. The van der Waals surface area contributed by atoms with Crippen LogP contribution in [0.4, 0.5) is 4.79 Å². The number of amides is 1. The van der Waals surface area contributed by atoms with E-state index in [0.29, 0.717) is 5.69 Å². The largest absolute Gasteiger partial charge is 0.445 e. The van der Waals surface area contributed by atoms with Gasteiger partial charge in [0.2, 0.25) is 5.82 Å². The lowest BCUT2D eigenvalue weighted by molar-refractivity contribution is 0.116. The molecule has 1 aromatic heterocycles. The molecule has 134 valence electrons. The molecule has 3 rings (SSSR count). The lowest BCUT2D eigenvalue weighted by Gasteiger charge is -2.37. The topological polar surface area (TPSA) is 87.9 Å². The van der Waals surface area contributed by atoms with E-state index in [1.165, 1.54) is 0 Å². The summed E-state index contributed by atoms with van der Waals surface area (Å²) in [5.41, 5.74) is 2.18. The smallest absolute Gasteiger partial charge is 0.408 e. The maximum absolute atomic E-state index is 12.4. The Bertz CT molecular complexity index is 805. The van der Waals surface area contributed by atoms with Crippen molar-refractivity contribution in [3.05, 3.63) is 59.2 Å². The quantitative estimate of drug-likeness (QED) is 0.907. The Morgan fingerprint density at radius 3 is 2.65 bits per heavy atom. The van der Waals surface area contributed by atoms with Crippen molar-refractivity contribution in [2.75, 3.05) is 0 Å². The number of nitrogens with one attached hydrogen (secondary N) is 1. The Morgan fingerprint density at radius 2 is 1.96 bits per heavy atom. The second kappa shape index (κ2) is 7.96. The van der Waals surface area contributed by atoms with Crippen LogP contribution in [0.2, 0.25) is 0 Å². The molecule has 1 aliphatic carbocycles. The van der Waals surface area contributed by atoms with Crippen molar-refractivity contribution in [1.29, 1.82) is 5.26 Å². The first-order valence-corrected chi connectivity index (χ1v) is 8.85. The van der Waals surface area contributed by atoms with Crippen LogP contribution in [0.5, 0.6) is 0 Å². The molecular weight excluding hydrogens is 328 g/mol. The standard InChI is InChI=1S/C20H22N4O2/c1-15-5-7-16(8-6-15)14-26-19(25)24-20(10-3-2-4-11-20)17-9-12-22-18(13-21)23-17/h5-9,12H,2-4,10-11,14H2,1H3,(H,24,25). The molecule has 1 fully saturated rings. The van der Waals surface area contributed by atoms with E-state index in [0.717, 1.165) is 43.2 Å². The van der Waals surface area contributed by atoms with Crippen LogP contribution >= 0.6 is 0 Å². The average Bonchev–Trinajstić information content (AvgIpc) is 2.68. The molecule has 0 aliphatic heterocycles. The van der Waals surface area contributed by atoms with Crippen LogP contribution in [-0.2, 0) is 16.9 Å². The number of ether oxygens (including phenoxy) is 1. The summed E-state index contributed by atoms with van der Waals surface area (Å²) in [5.74, 6) is 0.113. The minimum atomic E-state index is -0.600. The highest BCUT2D eigenvalue weighted by atomic mass is 16.5. The zero-order valence-electron chi connectivity index (χ0n) is 14.9. The van der Waals surface area contributed by atoms with Crippen molar-refractivity contribution in [2.24, 2.45) is 0 Å². The Morgan fingerprint density at radius 1 is 1.23 bits per heavy atom. The fourth-order valence-electron chi connectivity index (χ4n) is 3.34. The van der Waals surface area contributed by atoms with Crippen molar-refractivity contribution in [3.63, 3.8) is 0 Å². The number of aromatic nitrogens is 2. The SMILES string of the molecule is Cc1ccc(COC(=O)NC2(c3ccnc(C#N)n3)CCCCC2)cc1. The Balaban J connectivity index is 1.72. The number of alkyl carbamates (subject to hydrolysis) is 1. The molecule has 0 spiro atoms. The van der Waals surface area contributed by atoms with Crippen molar-refractivity contribution in [1.82, 2.24) is 15.3 Å². The zero-order chi connectivity index (χ0) is 18.4. The number of carbonyl (C=O) groups excluding carboxylic acids is 1. The summed E-state index contributed by atoms with van der Waals surface area (Å²) in [6.45, 7) is 2.23. The molecule has 1 N–H and O–H groups in total. The Hall–Kier alpha value is -2.94. The molecule has 0 saturated heterocycles. The first kappa shape index (κ1) is 17.9. The van der Waals surface area contributed by atoms with Crippen molar-refractivity contribution in [2.45, 2.75) is 51.2 Å². The van der Waals surface area contributed by atoms with E-state index in [9.17, 15) is 4.79 Å². The third-order valence-corrected chi connectivity index (χ3v) is 4.78. The molecule has 0 atom stereocenters. The van der Waals surface area contributed by atoms with Gasteiger partial charge in [0.05, 0.1) is 11.2 Å². The lowest BCUT2D eigenvalue weighted by Crippen LogP contribution is -2.48. The van der Waals surface area contributed by atoms with E-state index in [-0.39, 0.29) is 12.4 Å². The van der Waals surface area contributed by atoms with Crippen LogP contribution in [0.15, 0.2) is 36.5 Å². The lowest BCUT2D eigenvalue weighted by atomic mass is 9.79. The molecule has 6 heteroatoms. The van der Waals surface area contributed by atoms with Gasteiger partial charge in [-0.05, 0) is 31.4 Å². The number of carbonyl (C=O) groups is 1. The van der Waals surface area contributed by atoms with Gasteiger partial charge in [0.25, 0.3) is 0 Å². The van der Waals surface area contributed by atoms with Crippen molar-refractivity contribution >= 4 is 6.09 Å². The summed E-state index contributed by atoms with van der Waals surface area (Å²) < 4.78 is 5.42. The number of nitriles is 1. The normalized spacial score (nSPS) is 15.7. The van der Waals surface area contributed by atoms with E-state index in [4.69, 9.17) is 10.00 Å². The van der Waals surface area contributed by atoms with Gasteiger partial charge in [-0.3, -0.25) is 0 Å².